The lowest BCUT2D eigenvalue weighted by Crippen LogP contribution is -2.48. The first-order chi connectivity index (χ1) is 21.5. The summed E-state index contributed by atoms with van der Waals surface area (Å²) in [7, 11) is 0. The van der Waals surface area contributed by atoms with Crippen LogP contribution in [0.25, 0.3) is 11.1 Å². The zero-order valence-electron chi connectivity index (χ0n) is 25.4. The molecule has 234 valence electrons. The van der Waals surface area contributed by atoms with E-state index in [1.54, 1.807) is 0 Å². The molecule has 0 unspecified atom stereocenters. The number of amides is 2. The van der Waals surface area contributed by atoms with Crippen LogP contribution < -0.4 is 10.6 Å². The smallest absolute Gasteiger partial charge is 0.315 e. The molecule has 9 heteroatoms. The Morgan fingerprint density at radius 3 is 2.34 bits per heavy atom. The summed E-state index contributed by atoms with van der Waals surface area (Å²) in [6.07, 6.45) is 1.78. The molecule has 3 aliphatic rings. The minimum absolute atomic E-state index is 0.0139. The molecule has 0 aromatic heterocycles. The zero-order valence-corrected chi connectivity index (χ0v) is 25.4. The fraction of sp³-hybridized carbons (Fsp3) is 0.457. The van der Waals surface area contributed by atoms with E-state index in [1.165, 1.54) is 0 Å². The van der Waals surface area contributed by atoms with E-state index in [-0.39, 0.29) is 24.8 Å². The van der Waals surface area contributed by atoms with Crippen molar-refractivity contribution in [2.24, 2.45) is 0 Å². The van der Waals surface area contributed by atoms with E-state index >= 15 is 0 Å². The molecule has 3 saturated heterocycles. The minimum atomic E-state index is -0.531. The van der Waals surface area contributed by atoms with Gasteiger partial charge in [0.05, 0.1) is 32.0 Å². The van der Waals surface area contributed by atoms with Crippen molar-refractivity contribution in [2.45, 2.75) is 63.6 Å². The highest BCUT2D eigenvalue weighted by Crippen LogP contribution is 2.40. The number of ether oxygens (including phenoxy) is 4. The van der Waals surface area contributed by atoms with Gasteiger partial charge in [0, 0.05) is 57.5 Å². The third kappa shape index (κ3) is 7.48. The average Bonchev–Trinajstić information content (AvgIpc) is 3.53. The highest BCUT2D eigenvalue weighted by molar-refractivity contribution is 5.74. The number of carbonyl (C=O) groups is 1. The van der Waals surface area contributed by atoms with Crippen molar-refractivity contribution in [2.75, 3.05) is 39.4 Å². The van der Waals surface area contributed by atoms with Crippen LogP contribution in [0.1, 0.15) is 60.8 Å². The first-order valence-corrected chi connectivity index (χ1v) is 15.7. The van der Waals surface area contributed by atoms with Gasteiger partial charge in [-0.2, -0.15) is 0 Å². The molecule has 0 aliphatic carbocycles. The number of rotatable bonds is 9. The molecule has 1 spiro atoms. The molecule has 3 aromatic rings. The first kappa shape index (κ1) is 30.7. The lowest BCUT2D eigenvalue weighted by Gasteiger charge is -2.41. The highest BCUT2D eigenvalue weighted by Gasteiger charge is 2.41. The number of aliphatic hydroxyl groups excluding tert-OH is 1. The van der Waals surface area contributed by atoms with Crippen LogP contribution in [-0.2, 0) is 32.1 Å². The standard InChI is InChI=1S/C35H43N3O6/c1-2-36-34(40)37-22-26-5-3-6-28(19-26)29-7-4-8-30(20-29)33-43-31(21-32(44-33)27-11-9-25(24-39)10-12-27)23-38-15-13-35(14-16-38)41-17-18-42-35/h3-12,19-20,31-33,39H,2,13-18,21-24H2,1H3,(H2,36,37,40)/t31-,32+,33+/m1/s1. The van der Waals surface area contributed by atoms with Crippen molar-refractivity contribution in [1.29, 1.82) is 0 Å². The summed E-state index contributed by atoms with van der Waals surface area (Å²) in [5.74, 6) is -0.401. The molecular weight excluding hydrogens is 558 g/mol. The third-order valence-electron chi connectivity index (χ3n) is 8.72. The van der Waals surface area contributed by atoms with Crippen LogP contribution >= 0.6 is 0 Å². The number of nitrogens with zero attached hydrogens (tertiary/aromatic N) is 1. The summed E-state index contributed by atoms with van der Waals surface area (Å²) in [6.45, 7) is 6.92. The lowest BCUT2D eigenvalue weighted by atomic mass is 9.97. The summed E-state index contributed by atoms with van der Waals surface area (Å²) in [6, 6.07) is 24.3. The maximum atomic E-state index is 11.9. The number of aliphatic hydroxyl groups is 1. The van der Waals surface area contributed by atoms with E-state index in [0.29, 0.717) is 26.3 Å². The lowest BCUT2D eigenvalue weighted by molar-refractivity contribution is -0.255. The van der Waals surface area contributed by atoms with Crippen molar-refractivity contribution >= 4 is 6.03 Å². The predicted octanol–water partition coefficient (Wildman–Crippen LogP) is 5.05. The molecule has 3 fully saturated rings. The molecule has 2 amide bonds. The van der Waals surface area contributed by atoms with E-state index < -0.39 is 12.1 Å². The number of nitrogens with one attached hydrogen (secondary N) is 2. The number of likely N-dealkylation sites (tertiary alicyclic amines) is 1. The van der Waals surface area contributed by atoms with Crippen LogP contribution in [0.4, 0.5) is 4.79 Å². The molecule has 3 N–H and O–H groups in total. The summed E-state index contributed by atoms with van der Waals surface area (Å²) < 4.78 is 25.2. The highest BCUT2D eigenvalue weighted by atomic mass is 16.7. The van der Waals surface area contributed by atoms with Crippen LogP contribution in [0.2, 0.25) is 0 Å². The fourth-order valence-corrected chi connectivity index (χ4v) is 6.31. The van der Waals surface area contributed by atoms with Crippen LogP contribution in [0.3, 0.4) is 0 Å². The Hall–Kier alpha value is -3.31. The van der Waals surface area contributed by atoms with Gasteiger partial charge in [-0.15, -0.1) is 0 Å². The molecule has 3 aromatic carbocycles. The van der Waals surface area contributed by atoms with E-state index in [0.717, 1.165) is 72.3 Å². The SMILES string of the molecule is CCNC(=O)NCc1cccc(-c2cccc([C@H]3O[C@@H](CN4CCC5(CC4)OCCO5)C[C@@H](c4ccc(CO)cc4)O3)c2)c1. The van der Waals surface area contributed by atoms with Gasteiger partial charge >= 0.3 is 6.03 Å². The van der Waals surface area contributed by atoms with Crippen LogP contribution in [0.15, 0.2) is 72.8 Å². The monoisotopic (exact) mass is 601 g/mol. The molecule has 0 radical (unpaired) electrons. The Kier molecular flexibility index (Phi) is 9.91. The van der Waals surface area contributed by atoms with Gasteiger partial charge in [0.1, 0.15) is 0 Å². The van der Waals surface area contributed by atoms with Gasteiger partial charge in [0.2, 0.25) is 0 Å². The number of piperidine rings is 1. The molecule has 44 heavy (non-hydrogen) atoms. The fourth-order valence-electron chi connectivity index (χ4n) is 6.31. The van der Waals surface area contributed by atoms with E-state index in [4.69, 9.17) is 18.9 Å². The van der Waals surface area contributed by atoms with Gasteiger partial charge < -0.3 is 39.6 Å². The topological polar surface area (TPSA) is 102 Å². The van der Waals surface area contributed by atoms with Crippen molar-refractivity contribution < 1.29 is 28.8 Å². The number of hydrogen-bond acceptors (Lipinski definition) is 7. The van der Waals surface area contributed by atoms with Crippen molar-refractivity contribution in [3.05, 3.63) is 95.1 Å². The van der Waals surface area contributed by atoms with Crippen molar-refractivity contribution in [3.63, 3.8) is 0 Å². The maximum Gasteiger partial charge on any atom is 0.315 e. The molecule has 3 aliphatic heterocycles. The Morgan fingerprint density at radius 2 is 1.61 bits per heavy atom. The normalized spacial score (nSPS) is 23.5. The van der Waals surface area contributed by atoms with E-state index in [2.05, 4.69) is 45.9 Å². The number of hydrogen-bond donors (Lipinski definition) is 3. The number of benzene rings is 3. The first-order valence-electron chi connectivity index (χ1n) is 15.7. The maximum absolute atomic E-state index is 11.9. The molecule has 3 heterocycles. The van der Waals surface area contributed by atoms with Crippen LogP contribution in [0, 0.1) is 0 Å². The van der Waals surface area contributed by atoms with Gasteiger partial charge in [-0.05, 0) is 46.9 Å². The minimum Gasteiger partial charge on any atom is -0.392 e. The summed E-state index contributed by atoms with van der Waals surface area (Å²) in [4.78, 5) is 14.3. The van der Waals surface area contributed by atoms with Gasteiger partial charge in [0.15, 0.2) is 12.1 Å². The largest absolute Gasteiger partial charge is 0.392 e. The molecular formula is C35H43N3O6. The Morgan fingerprint density at radius 1 is 0.886 bits per heavy atom. The quantitative estimate of drug-likeness (QED) is 0.316. The summed E-state index contributed by atoms with van der Waals surface area (Å²) >= 11 is 0. The summed E-state index contributed by atoms with van der Waals surface area (Å²) in [5.41, 5.74) is 6.05. The van der Waals surface area contributed by atoms with Gasteiger partial charge in [-0.25, -0.2) is 4.79 Å². The Bertz CT molecular complexity index is 1380. The third-order valence-corrected chi connectivity index (χ3v) is 8.72. The zero-order chi connectivity index (χ0) is 30.4. The Labute approximate surface area is 259 Å². The molecule has 3 atom stereocenters. The molecule has 0 bridgehead atoms. The Balaban J connectivity index is 1.19. The molecule has 0 saturated carbocycles. The van der Waals surface area contributed by atoms with Crippen molar-refractivity contribution in [3.8, 4) is 11.1 Å². The van der Waals surface area contributed by atoms with Crippen LogP contribution in [0.5, 0.6) is 0 Å². The van der Waals surface area contributed by atoms with Gasteiger partial charge in [-0.3, -0.25) is 0 Å². The second kappa shape index (κ2) is 14.2. The second-order valence-corrected chi connectivity index (χ2v) is 11.8. The molecule has 9 nitrogen and oxygen atoms in total. The van der Waals surface area contributed by atoms with E-state index in [1.807, 2.05) is 49.4 Å². The number of urea groups is 1. The second-order valence-electron chi connectivity index (χ2n) is 11.8. The summed E-state index contributed by atoms with van der Waals surface area (Å²) in [5, 5.41) is 15.2. The molecule has 6 rings (SSSR count). The predicted molar refractivity (Wildman–Crippen MR) is 167 cm³/mol. The van der Waals surface area contributed by atoms with E-state index in [9.17, 15) is 9.90 Å². The van der Waals surface area contributed by atoms with Gasteiger partial charge in [0.25, 0.3) is 0 Å². The van der Waals surface area contributed by atoms with Crippen LogP contribution in [-0.4, -0.2) is 67.3 Å². The average molecular weight is 602 g/mol. The number of carbonyl (C=O) groups excluding carboxylic acids is 1. The van der Waals surface area contributed by atoms with Gasteiger partial charge in [-0.1, -0.05) is 60.7 Å². The van der Waals surface area contributed by atoms with Crippen molar-refractivity contribution in [1.82, 2.24) is 15.5 Å².